The Labute approximate surface area is 143 Å². The van der Waals surface area contributed by atoms with Crippen LogP contribution in [0.3, 0.4) is 0 Å². The molecule has 23 heavy (non-hydrogen) atoms. The largest absolute Gasteiger partial charge is 0.276 e. The molecule has 1 aromatic heterocycles. The molecule has 2 aromatic carbocycles. The molecule has 0 aliphatic rings. The van der Waals surface area contributed by atoms with Gasteiger partial charge in [-0.3, -0.25) is 5.43 Å². The molecule has 0 aliphatic carbocycles. The predicted octanol–water partition coefficient (Wildman–Crippen LogP) is 4.90. The van der Waals surface area contributed by atoms with Crippen molar-refractivity contribution in [3.05, 3.63) is 76.4 Å². The van der Waals surface area contributed by atoms with Gasteiger partial charge in [0.15, 0.2) is 5.15 Å². The van der Waals surface area contributed by atoms with Crippen LogP contribution in [0.15, 0.2) is 65.8 Å². The van der Waals surface area contributed by atoms with E-state index in [4.69, 9.17) is 23.2 Å². The van der Waals surface area contributed by atoms with Crippen LogP contribution in [0.5, 0.6) is 0 Å². The van der Waals surface area contributed by atoms with Gasteiger partial charge in [0.1, 0.15) is 5.69 Å². The van der Waals surface area contributed by atoms with Crippen molar-refractivity contribution < 1.29 is 0 Å². The van der Waals surface area contributed by atoms with E-state index in [1.165, 1.54) is 0 Å². The molecule has 114 valence electrons. The zero-order valence-electron chi connectivity index (χ0n) is 11.9. The fraction of sp³-hybridized carbons (Fsp3) is 0. The summed E-state index contributed by atoms with van der Waals surface area (Å²) in [6, 6.07) is 18.8. The Morgan fingerprint density at radius 1 is 0.913 bits per heavy atom. The van der Waals surface area contributed by atoms with E-state index in [9.17, 15) is 0 Å². The van der Waals surface area contributed by atoms with E-state index in [0.717, 1.165) is 11.1 Å². The predicted molar refractivity (Wildman–Crippen MR) is 95.1 cm³/mol. The highest BCUT2D eigenvalue weighted by atomic mass is 35.5. The number of benzene rings is 2. The van der Waals surface area contributed by atoms with Crippen molar-refractivity contribution in [3.8, 4) is 11.3 Å². The summed E-state index contributed by atoms with van der Waals surface area (Å²) < 4.78 is 0. The van der Waals surface area contributed by atoms with Crippen LogP contribution in [-0.4, -0.2) is 16.4 Å². The van der Waals surface area contributed by atoms with Crippen molar-refractivity contribution in [1.29, 1.82) is 0 Å². The van der Waals surface area contributed by atoms with Crippen LogP contribution in [-0.2, 0) is 0 Å². The van der Waals surface area contributed by atoms with Crippen LogP contribution >= 0.6 is 23.2 Å². The minimum absolute atomic E-state index is 0.292. The number of rotatable bonds is 4. The van der Waals surface area contributed by atoms with Gasteiger partial charge in [-0.25, -0.2) is 0 Å². The minimum Gasteiger partial charge on any atom is -0.276 e. The second-order valence-electron chi connectivity index (χ2n) is 4.69. The Kier molecular flexibility index (Phi) is 4.86. The molecular weight excluding hydrogens is 331 g/mol. The third-order valence-electron chi connectivity index (χ3n) is 3.11. The molecule has 0 aliphatic heterocycles. The number of anilines is 1. The molecule has 1 N–H and O–H groups in total. The molecule has 0 amide bonds. The molecule has 0 saturated carbocycles. The molecule has 0 atom stereocenters. The van der Waals surface area contributed by atoms with E-state index >= 15 is 0 Å². The molecule has 1 heterocycles. The average molecular weight is 343 g/mol. The maximum atomic E-state index is 6.10. The van der Waals surface area contributed by atoms with E-state index in [1.54, 1.807) is 12.3 Å². The lowest BCUT2D eigenvalue weighted by Crippen LogP contribution is -1.98. The molecule has 0 bridgehead atoms. The summed E-state index contributed by atoms with van der Waals surface area (Å²) in [6.07, 6.45) is 1.64. The fourth-order valence-corrected chi connectivity index (χ4v) is 2.35. The Morgan fingerprint density at radius 3 is 2.43 bits per heavy atom. The van der Waals surface area contributed by atoms with Crippen molar-refractivity contribution in [1.82, 2.24) is 10.2 Å². The van der Waals surface area contributed by atoms with E-state index < -0.39 is 0 Å². The second kappa shape index (κ2) is 7.22. The smallest absolute Gasteiger partial charge is 0.153 e. The molecule has 0 unspecified atom stereocenters. The third kappa shape index (κ3) is 3.86. The van der Waals surface area contributed by atoms with Crippen LogP contribution in [0, 0.1) is 0 Å². The second-order valence-corrected chi connectivity index (χ2v) is 5.48. The molecule has 6 heteroatoms. The van der Waals surface area contributed by atoms with Crippen molar-refractivity contribution in [2.24, 2.45) is 5.10 Å². The molecule has 4 nitrogen and oxygen atoms in total. The number of hydrogen-bond donors (Lipinski definition) is 1. The van der Waals surface area contributed by atoms with Crippen molar-refractivity contribution in [2.75, 3.05) is 5.43 Å². The van der Waals surface area contributed by atoms with Gasteiger partial charge in [0, 0.05) is 22.2 Å². The normalized spacial score (nSPS) is 10.9. The maximum Gasteiger partial charge on any atom is 0.153 e. The Balaban J connectivity index is 1.88. The van der Waals surface area contributed by atoms with Crippen LogP contribution in [0.1, 0.15) is 5.56 Å². The third-order valence-corrected chi connectivity index (χ3v) is 3.63. The lowest BCUT2D eigenvalue weighted by molar-refractivity contribution is 1.04. The van der Waals surface area contributed by atoms with Gasteiger partial charge in [-0.1, -0.05) is 71.7 Å². The molecular formula is C17H12Cl2N4. The number of aromatic nitrogens is 2. The first-order valence-corrected chi connectivity index (χ1v) is 7.62. The van der Waals surface area contributed by atoms with E-state index in [1.807, 2.05) is 54.6 Å². The summed E-state index contributed by atoms with van der Waals surface area (Å²) >= 11 is 12.0. The summed E-state index contributed by atoms with van der Waals surface area (Å²) in [5.74, 6) is 0. The Bertz CT molecular complexity index is 835. The van der Waals surface area contributed by atoms with Gasteiger partial charge in [-0.05, 0) is 6.07 Å². The quantitative estimate of drug-likeness (QED) is 0.542. The summed E-state index contributed by atoms with van der Waals surface area (Å²) in [4.78, 5) is 0. The molecule has 3 aromatic rings. The lowest BCUT2D eigenvalue weighted by atomic mass is 10.1. The first-order valence-electron chi connectivity index (χ1n) is 6.86. The minimum atomic E-state index is 0.292. The van der Waals surface area contributed by atoms with E-state index in [2.05, 4.69) is 20.7 Å². The van der Waals surface area contributed by atoms with Crippen molar-refractivity contribution in [2.45, 2.75) is 0 Å². The van der Waals surface area contributed by atoms with Gasteiger partial charge in [0.05, 0.1) is 11.9 Å². The van der Waals surface area contributed by atoms with E-state index in [0.29, 0.717) is 21.6 Å². The number of nitrogens with one attached hydrogen (secondary N) is 1. The highest BCUT2D eigenvalue weighted by Crippen LogP contribution is 2.26. The fourth-order valence-electron chi connectivity index (χ4n) is 2.01. The van der Waals surface area contributed by atoms with Crippen LogP contribution in [0.25, 0.3) is 11.3 Å². The van der Waals surface area contributed by atoms with Gasteiger partial charge in [-0.15, -0.1) is 10.2 Å². The summed E-state index contributed by atoms with van der Waals surface area (Å²) in [5, 5.41) is 13.2. The van der Waals surface area contributed by atoms with Crippen LogP contribution in [0.4, 0.5) is 5.69 Å². The maximum absolute atomic E-state index is 6.10. The van der Waals surface area contributed by atoms with Gasteiger partial charge in [-0.2, -0.15) is 5.10 Å². The van der Waals surface area contributed by atoms with E-state index in [-0.39, 0.29) is 0 Å². The molecule has 3 rings (SSSR count). The average Bonchev–Trinajstić information content (AvgIpc) is 2.58. The zero-order chi connectivity index (χ0) is 16.1. The van der Waals surface area contributed by atoms with Gasteiger partial charge in [0.2, 0.25) is 0 Å². The standard InChI is InChI=1S/C17H12Cl2N4/c18-14-9-5-4-8-13(14)11-20-21-15-10-16(19)22-23-17(15)12-6-2-1-3-7-12/h1-11H,(H,21,22)/b20-11+. The van der Waals surface area contributed by atoms with Gasteiger partial charge < -0.3 is 0 Å². The first kappa shape index (κ1) is 15.5. The Morgan fingerprint density at radius 2 is 1.65 bits per heavy atom. The van der Waals surface area contributed by atoms with Crippen LogP contribution in [0.2, 0.25) is 10.2 Å². The topological polar surface area (TPSA) is 50.2 Å². The lowest BCUT2D eigenvalue weighted by Gasteiger charge is -2.07. The number of nitrogens with zero attached hydrogens (tertiary/aromatic N) is 3. The first-order chi connectivity index (χ1) is 11.2. The number of hydrogen-bond acceptors (Lipinski definition) is 4. The van der Waals surface area contributed by atoms with Crippen LogP contribution < -0.4 is 5.43 Å². The number of halogens is 2. The highest BCUT2D eigenvalue weighted by Gasteiger charge is 2.08. The van der Waals surface area contributed by atoms with Gasteiger partial charge in [0.25, 0.3) is 0 Å². The summed E-state index contributed by atoms with van der Waals surface area (Å²) in [6.45, 7) is 0. The SMILES string of the molecule is Clc1cc(N/N=C/c2ccccc2Cl)c(-c2ccccc2)nn1. The molecule has 0 fully saturated rings. The Hall–Kier alpha value is -2.43. The molecule has 0 saturated heterocycles. The number of hydrazone groups is 1. The summed E-state index contributed by atoms with van der Waals surface area (Å²) in [5.41, 5.74) is 6.03. The highest BCUT2D eigenvalue weighted by molar-refractivity contribution is 6.33. The molecule has 0 radical (unpaired) electrons. The van der Waals surface area contributed by atoms with Crippen molar-refractivity contribution in [3.63, 3.8) is 0 Å². The van der Waals surface area contributed by atoms with Gasteiger partial charge >= 0.3 is 0 Å². The zero-order valence-corrected chi connectivity index (χ0v) is 13.5. The molecule has 0 spiro atoms. The van der Waals surface area contributed by atoms with Crippen molar-refractivity contribution >= 4 is 35.1 Å². The monoisotopic (exact) mass is 342 g/mol. The summed E-state index contributed by atoms with van der Waals surface area (Å²) in [7, 11) is 0.